The Morgan fingerprint density at radius 2 is 1.79 bits per heavy atom. The van der Waals surface area contributed by atoms with Crippen molar-refractivity contribution in [2.24, 2.45) is 0 Å². The van der Waals surface area contributed by atoms with Crippen molar-refractivity contribution in [3.05, 3.63) is 71.3 Å². The van der Waals surface area contributed by atoms with Crippen LogP contribution in [0.5, 0.6) is 0 Å². The van der Waals surface area contributed by atoms with E-state index < -0.39 is 0 Å². The Bertz CT molecular complexity index is 852. The molecular weight excluding hydrogens is 358 g/mol. The van der Waals surface area contributed by atoms with E-state index in [1.807, 2.05) is 0 Å². The first-order chi connectivity index (χ1) is 14.3. The molecule has 2 aromatic carbocycles. The summed E-state index contributed by atoms with van der Waals surface area (Å²) in [5, 5.41) is 3.43. The van der Waals surface area contributed by atoms with Crippen LogP contribution in [-0.4, -0.2) is 47.4 Å². The zero-order valence-electron chi connectivity index (χ0n) is 17.1. The third kappa shape index (κ3) is 3.96. The molecule has 0 radical (unpaired) electrons. The van der Waals surface area contributed by atoms with Crippen LogP contribution < -0.4 is 5.32 Å². The van der Waals surface area contributed by atoms with E-state index in [0.29, 0.717) is 6.04 Å². The second-order valence-electron chi connectivity index (χ2n) is 8.87. The molecule has 152 valence electrons. The Morgan fingerprint density at radius 3 is 2.69 bits per heavy atom. The fourth-order valence-corrected chi connectivity index (χ4v) is 5.49. The predicted molar refractivity (Wildman–Crippen MR) is 115 cm³/mol. The summed E-state index contributed by atoms with van der Waals surface area (Å²) >= 11 is 0. The minimum absolute atomic E-state index is 0.0707. The first-order valence-corrected chi connectivity index (χ1v) is 11.2. The van der Waals surface area contributed by atoms with E-state index in [9.17, 15) is 4.79 Å². The predicted octanol–water partition coefficient (Wildman–Crippen LogP) is 3.53. The van der Waals surface area contributed by atoms with Crippen molar-refractivity contribution < 1.29 is 4.79 Å². The minimum atomic E-state index is -0.0707. The van der Waals surface area contributed by atoms with Gasteiger partial charge in [-0.05, 0) is 55.3 Å². The average molecular weight is 390 g/mol. The lowest BCUT2D eigenvalue weighted by atomic mass is 9.87. The lowest BCUT2D eigenvalue weighted by molar-refractivity contribution is -0.130. The molecule has 5 rings (SSSR count). The molecule has 2 saturated heterocycles. The van der Waals surface area contributed by atoms with E-state index in [-0.39, 0.29) is 18.0 Å². The van der Waals surface area contributed by atoms with Gasteiger partial charge in [0.1, 0.15) is 6.04 Å². The van der Waals surface area contributed by atoms with Crippen LogP contribution in [0.3, 0.4) is 0 Å². The Labute approximate surface area is 173 Å². The number of benzene rings is 2. The Hall–Kier alpha value is -2.17. The van der Waals surface area contributed by atoms with Gasteiger partial charge < -0.3 is 5.32 Å². The minimum Gasteiger partial charge on any atom is -0.348 e. The van der Waals surface area contributed by atoms with E-state index >= 15 is 0 Å². The van der Waals surface area contributed by atoms with E-state index in [0.717, 1.165) is 45.4 Å². The van der Waals surface area contributed by atoms with Gasteiger partial charge in [0, 0.05) is 25.7 Å². The molecule has 1 aliphatic carbocycles. The monoisotopic (exact) mass is 389 g/mol. The van der Waals surface area contributed by atoms with Crippen LogP contribution in [-0.2, 0) is 17.8 Å². The molecule has 0 saturated carbocycles. The largest absolute Gasteiger partial charge is 0.348 e. The number of hydrogen-bond acceptors (Lipinski definition) is 3. The van der Waals surface area contributed by atoms with Gasteiger partial charge in [0.2, 0.25) is 5.91 Å². The molecule has 0 spiro atoms. The van der Waals surface area contributed by atoms with Crippen molar-refractivity contribution in [1.82, 2.24) is 15.1 Å². The molecule has 4 nitrogen and oxygen atoms in total. The number of fused-ring (bicyclic) bond motifs is 2. The Morgan fingerprint density at radius 1 is 0.966 bits per heavy atom. The van der Waals surface area contributed by atoms with Gasteiger partial charge in [-0.25, -0.2) is 0 Å². The van der Waals surface area contributed by atoms with Crippen LogP contribution in [0.25, 0.3) is 0 Å². The highest BCUT2D eigenvalue weighted by Gasteiger charge is 2.40. The fourth-order valence-electron chi connectivity index (χ4n) is 5.49. The van der Waals surface area contributed by atoms with Crippen molar-refractivity contribution in [2.45, 2.75) is 56.8 Å². The van der Waals surface area contributed by atoms with Crippen molar-refractivity contribution in [3.63, 3.8) is 0 Å². The van der Waals surface area contributed by atoms with Gasteiger partial charge >= 0.3 is 0 Å². The SMILES string of the molecule is O=C(N[C@@H]1CCCc2ccccc21)[C@@H]1CN2CCC[C@@H]2CN1Cc1ccccc1. The molecule has 2 fully saturated rings. The zero-order chi connectivity index (χ0) is 19.6. The van der Waals surface area contributed by atoms with E-state index in [1.54, 1.807) is 0 Å². The van der Waals surface area contributed by atoms with Crippen molar-refractivity contribution in [1.29, 1.82) is 0 Å². The maximum absolute atomic E-state index is 13.5. The molecule has 3 aliphatic rings. The van der Waals surface area contributed by atoms with Crippen LogP contribution in [0.15, 0.2) is 54.6 Å². The average Bonchev–Trinajstić information content (AvgIpc) is 3.21. The van der Waals surface area contributed by atoms with Crippen LogP contribution in [0, 0.1) is 0 Å². The number of piperazine rings is 1. The van der Waals surface area contributed by atoms with E-state index in [1.165, 1.54) is 29.5 Å². The number of nitrogens with one attached hydrogen (secondary N) is 1. The zero-order valence-corrected chi connectivity index (χ0v) is 17.1. The molecular formula is C25H31N3O. The van der Waals surface area contributed by atoms with Gasteiger partial charge in [0.25, 0.3) is 0 Å². The van der Waals surface area contributed by atoms with E-state index in [2.05, 4.69) is 69.7 Å². The van der Waals surface area contributed by atoms with Gasteiger partial charge in [0.05, 0.1) is 6.04 Å². The van der Waals surface area contributed by atoms with Crippen LogP contribution >= 0.6 is 0 Å². The van der Waals surface area contributed by atoms with Gasteiger partial charge in [-0.2, -0.15) is 0 Å². The highest BCUT2D eigenvalue weighted by molar-refractivity contribution is 5.82. The number of carbonyl (C=O) groups excluding carboxylic acids is 1. The third-order valence-electron chi connectivity index (χ3n) is 7.01. The first-order valence-electron chi connectivity index (χ1n) is 11.2. The molecule has 1 amide bonds. The number of nitrogens with zero attached hydrogens (tertiary/aromatic N) is 2. The first kappa shape index (κ1) is 18.8. The quantitative estimate of drug-likeness (QED) is 0.869. The van der Waals surface area contributed by atoms with Crippen molar-refractivity contribution >= 4 is 5.91 Å². The molecule has 0 unspecified atom stereocenters. The summed E-state index contributed by atoms with van der Waals surface area (Å²) in [5.74, 6) is 0.202. The lowest BCUT2D eigenvalue weighted by Gasteiger charge is -2.43. The molecule has 29 heavy (non-hydrogen) atoms. The van der Waals surface area contributed by atoms with E-state index in [4.69, 9.17) is 0 Å². The summed E-state index contributed by atoms with van der Waals surface area (Å²) in [6, 6.07) is 19.9. The number of amides is 1. The molecule has 2 aromatic rings. The standard InChI is InChI=1S/C25H31N3O/c29-25(26-23-14-6-11-20-10-4-5-13-22(20)23)24-18-27-15-7-12-21(27)17-28(24)16-19-8-2-1-3-9-19/h1-5,8-10,13,21,23-24H,6-7,11-12,14-18H2,(H,26,29)/t21-,23-,24+/m1/s1. The summed E-state index contributed by atoms with van der Waals surface area (Å²) < 4.78 is 0. The number of rotatable bonds is 4. The molecule has 0 bridgehead atoms. The maximum Gasteiger partial charge on any atom is 0.239 e. The van der Waals surface area contributed by atoms with Crippen LogP contribution in [0.4, 0.5) is 0 Å². The van der Waals surface area contributed by atoms with Gasteiger partial charge in [-0.1, -0.05) is 54.6 Å². The molecule has 2 aliphatic heterocycles. The number of aryl methyl sites for hydroxylation is 1. The van der Waals surface area contributed by atoms with Gasteiger partial charge in [-0.15, -0.1) is 0 Å². The summed E-state index contributed by atoms with van der Waals surface area (Å²) in [5.41, 5.74) is 4.00. The molecule has 1 N–H and O–H groups in total. The van der Waals surface area contributed by atoms with Gasteiger partial charge in [0.15, 0.2) is 0 Å². The Kier molecular flexibility index (Phi) is 5.38. The summed E-state index contributed by atoms with van der Waals surface area (Å²) in [6.07, 6.45) is 5.83. The molecule has 2 heterocycles. The normalized spacial score (nSPS) is 27.2. The van der Waals surface area contributed by atoms with Gasteiger partial charge in [-0.3, -0.25) is 14.6 Å². The number of carbonyl (C=O) groups is 1. The second kappa shape index (κ2) is 8.29. The maximum atomic E-state index is 13.5. The fraction of sp³-hybridized carbons (Fsp3) is 0.480. The third-order valence-corrected chi connectivity index (χ3v) is 7.01. The lowest BCUT2D eigenvalue weighted by Crippen LogP contribution is -2.60. The Balaban J connectivity index is 1.34. The van der Waals surface area contributed by atoms with Crippen LogP contribution in [0.2, 0.25) is 0 Å². The summed E-state index contributed by atoms with van der Waals surface area (Å²) in [7, 11) is 0. The molecule has 0 aromatic heterocycles. The smallest absolute Gasteiger partial charge is 0.239 e. The summed E-state index contributed by atoms with van der Waals surface area (Å²) in [4.78, 5) is 18.5. The molecule has 4 heteroatoms. The second-order valence-corrected chi connectivity index (χ2v) is 8.87. The molecule has 3 atom stereocenters. The highest BCUT2D eigenvalue weighted by Crippen LogP contribution is 2.31. The topological polar surface area (TPSA) is 35.6 Å². The number of hydrogen-bond donors (Lipinski definition) is 1. The summed E-state index contributed by atoms with van der Waals surface area (Å²) in [6.45, 7) is 3.84. The van der Waals surface area contributed by atoms with Crippen molar-refractivity contribution in [2.75, 3.05) is 19.6 Å². The van der Waals surface area contributed by atoms with Crippen molar-refractivity contribution in [3.8, 4) is 0 Å². The van der Waals surface area contributed by atoms with Crippen LogP contribution in [0.1, 0.15) is 48.4 Å². The highest BCUT2D eigenvalue weighted by atomic mass is 16.2.